The fourth-order valence-electron chi connectivity index (χ4n) is 3.56. The normalized spacial score (nSPS) is 18.9. The summed E-state index contributed by atoms with van der Waals surface area (Å²) in [6.45, 7) is 4.28. The monoisotopic (exact) mass is 365 g/mol. The molecular formula is C22H23NO4. The van der Waals surface area contributed by atoms with Crippen LogP contribution in [0.4, 0.5) is 0 Å². The lowest BCUT2D eigenvalue weighted by molar-refractivity contribution is -0.141. The highest BCUT2D eigenvalue weighted by atomic mass is 16.5. The van der Waals surface area contributed by atoms with Gasteiger partial charge in [-0.05, 0) is 41.8 Å². The van der Waals surface area contributed by atoms with E-state index in [4.69, 9.17) is 4.74 Å². The second kappa shape index (κ2) is 8.08. The smallest absolute Gasteiger partial charge is 0.308 e. The van der Waals surface area contributed by atoms with E-state index < -0.39 is 11.9 Å². The maximum atomic E-state index is 12.9. The highest BCUT2D eigenvalue weighted by Crippen LogP contribution is 2.35. The third kappa shape index (κ3) is 4.03. The zero-order valence-corrected chi connectivity index (χ0v) is 15.3. The van der Waals surface area contributed by atoms with E-state index in [0.29, 0.717) is 17.9 Å². The van der Waals surface area contributed by atoms with E-state index >= 15 is 0 Å². The van der Waals surface area contributed by atoms with Gasteiger partial charge in [-0.1, -0.05) is 30.3 Å². The first-order valence-corrected chi connectivity index (χ1v) is 8.89. The average Bonchev–Trinajstić information content (AvgIpc) is 3.14. The number of rotatable bonds is 6. The highest BCUT2D eigenvalue weighted by Gasteiger charge is 2.40. The second-order valence-corrected chi connectivity index (χ2v) is 6.73. The second-order valence-electron chi connectivity index (χ2n) is 6.73. The maximum Gasteiger partial charge on any atom is 0.308 e. The molecule has 2 atom stereocenters. The van der Waals surface area contributed by atoms with Crippen molar-refractivity contribution in [2.24, 2.45) is 5.92 Å². The number of ether oxygens (including phenoxy) is 1. The maximum absolute atomic E-state index is 12.9. The van der Waals surface area contributed by atoms with E-state index in [-0.39, 0.29) is 18.4 Å². The minimum atomic E-state index is -0.889. The van der Waals surface area contributed by atoms with Crippen molar-refractivity contribution in [2.75, 3.05) is 20.2 Å². The summed E-state index contributed by atoms with van der Waals surface area (Å²) in [5.74, 6) is -1.25. The number of aliphatic carboxylic acids is 1. The number of likely N-dealkylation sites (tertiary alicyclic amines) is 1. The largest absolute Gasteiger partial charge is 0.497 e. The molecule has 0 radical (unpaired) electrons. The van der Waals surface area contributed by atoms with E-state index in [2.05, 4.69) is 6.58 Å². The Kier molecular flexibility index (Phi) is 5.60. The van der Waals surface area contributed by atoms with Gasteiger partial charge >= 0.3 is 5.97 Å². The number of hydrogen-bond acceptors (Lipinski definition) is 3. The van der Waals surface area contributed by atoms with Crippen LogP contribution in [0.3, 0.4) is 0 Å². The van der Waals surface area contributed by atoms with E-state index in [1.807, 2.05) is 42.5 Å². The summed E-state index contributed by atoms with van der Waals surface area (Å²) in [7, 11) is 1.58. The molecule has 0 spiro atoms. The summed E-state index contributed by atoms with van der Waals surface area (Å²) in [5.41, 5.74) is 2.53. The lowest BCUT2D eigenvalue weighted by atomic mass is 9.89. The topological polar surface area (TPSA) is 66.8 Å². The lowest BCUT2D eigenvalue weighted by Gasteiger charge is -2.17. The molecule has 1 N–H and O–H groups in total. The summed E-state index contributed by atoms with van der Waals surface area (Å²) in [4.78, 5) is 26.3. The van der Waals surface area contributed by atoms with Gasteiger partial charge in [0.05, 0.1) is 13.0 Å². The van der Waals surface area contributed by atoms with Crippen LogP contribution in [0.25, 0.3) is 0 Å². The molecular weight excluding hydrogens is 342 g/mol. The van der Waals surface area contributed by atoms with Crippen LogP contribution in [0.1, 0.15) is 27.4 Å². The van der Waals surface area contributed by atoms with Gasteiger partial charge in [0.15, 0.2) is 0 Å². The Balaban J connectivity index is 1.82. The van der Waals surface area contributed by atoms with Gasteiger partial charge in [-0.15, -0.1) is 6.58 Å². The van der Waals surface area contributed by atoms with Gasteiger partial charge < -0.3 is 14.7 Å². The number of nitrogens with zero attached hydrogens (tertiary/aromatic N) is 1. The van der Waals surface area contributed by atoms with Crippen LogP contribution in [0, 0.1) is 5.92 Å². The molecule has 1 aliphatic rings. The number of amides is 1. The summed E-state index contributed by atoms with van der Waals surface area (Å²) < 4.78 is 5.25. The molecule has 2 aromatic rings. The molecule has 2 aromatic carbocycles. The van der Waals surface area contributed by atoms with Crippen molar-refractivity contribution in [1.82, 2.24) is 4.90 Å². The van der Waals surface area contributed by atoms with Crippen molar-refractivity contribution in [1.29, 1.82) is 0 Å². The lowest BCUT2D eigenvalue weighted by Crippen LogP contribution is -2.29. The van der Waals surface area contributed by atoms with Gasteiger partial charge in [-0.25, -0.2) is 0 Å². The number of carboxylic acids is 1. The van der Waals surface area contributed by atoms with Gasteiger partial charge in [0, 0.05) is 24.6 Å². The van der Waals surface area contributed by atoms with Gasteiger partial charge in [-0.2, -0.15) is 0 Å². The number of carbonyl (C=O) groups excluding carboxylic acids is 1. The van der Waals surface area contributed by atoms with Crippen LogP contribution in [-0.4, -0.2) is 42.1 Å². The van der Waals surface area contributed by atoms with Crippen LogP contribution in [0.2, 0.25) is 0 Å². The number of hydrogen-bond donors (Lipinski definition) is 1. The molecule has 140 valence electrons. The zero-order valence-electron chi connectivity index (χ0n) is 15.3. The van der Waals surface area contributed by atoms with Crippen molar-refractivity contribution in [2.45, 2.75) is 12.3 Å². The van der Waals surface area contributed by atoms with Crippen molar-refractivity contribution in [3.05, 3.63) is 77.9 Å². The van der Waals surface area contributed by atoms with Crippen molar-refractivity contribution in [3.8, 4) is 5.75 Å². The Hall–Kier alpha value is -3.08. The Morgan fingerprint density at radius 1 is 1.22 bits per heavy atom. The Bertz CT molecular complexity index is 844. The predicted octanol–water partition coefficient (Wildman–Crippen LogP) is 3.36. The van der Waals surface area contributed by atoms with Crippen molar-refractivity contribution in [3.63, 3.8) is 0 Å². The van der Waals surface area contributed by atoms with Gasteiger partial charge in [0.25, 0.3) is 5.91 Å². The minimum Gasteiger partial charge on any atom is -0.497 e. The molecule has 3 rings (SSSR count). The molecule has 27 heavy (non-hydrogen) atoms. The standard InChI is InChI=1S/C22H23NO4/c1-3-5-15-8-10-16(11-9-15)21(24)23-13-19(20(14-23)22(25)26)17-6-4-7-18(12-17)27-2/h3-4,6-12,19-20H,1,5,13-14H2,2H3,(H,25,26)/t19-,20+/m0/s1. The first-order valence-electron chi connectivity index (χ1n) is 8.89. The summed E-state index contributed by atoms with van der Waals surface area (Å²) >= 11 is 0. The van der Waals surface area contributed by atoms with Gasteiger partial charge in [-0.3, -0.25) is 9.59 Å². The molecule has 1 heterocycles. The van der Waals surface area contributed by atoms with E-state index in [0.717, 1.165) is 17.5 Å². The molecule has 1 aliphatic heterocycles. The van der Waals surface area contributed by atoms with E-state index in [1.54, 1.807) is 24.1 Å². The molecule has 1 amide bonds. The molecule has 0 saturated carbocycles. The SMILES string of the molecule is C=CCc1ccc(C(=O)N2C[C@@H](C(=O)O)[C@H](c3cccc(OC)c3)C2)cc1. The first-order chi connectivity index (χ1) is 13.0. The van der Waals surface area contributed by atoms with Crippen LogP contribution in [0.15, 0.2) is 61.2 Å². The van der Waals surface area contributed by atoms with Crippen LogP contribution < -0.4 is 4.74 Å². The van der Waals surface area contributed by atoms with Crippen molar-refractivity contribution >= 4 is 11.9 Å². The molecule has 1 fully saturated rings. The Morgan fingerprint density at radius 3 is 2.59 bits per heavy atom. The van der Waals surface area contributed by atoms with Crippen molar-refractivity contribution < 1.29 is 19.4 Å². The minimum absolute atomic E-state index is 0.142. The van der Waals surface area contributed by atoms with E-state index in [1.165, 1.54) is 0 Å². The number of carboxylic acid groups (broad SMARTS) is 1. The molecule has 5 heteroatoms. The molecule has 5 nitrogen and oxygen atoms in total. The summed E-state index contributed by atoms with van der Waals surface area (Å²) in [6.07, 6.45) is 2.56. The number of benzene rings is 2. The average molecular weight is 365 g/mol. The van der Waals surface area contributed by atoms with E-state index in [9.17, 15) is 14.7 Å². The number of methoxy groups -OCH3 is 1. The molecule has 0 bridgehead atoms. The number of allylic oxidation sites excluding steroid dienone is 1. The fraction of sp³-hybridized carbons (Fsp3) is 0.273. The molecule has 0 aliphatic carbocycles. The van der Waals surface area contributed by atoms with Gasteiger partial charge in [0.2, 0.25) is 0 Å². The Morgan fingerprint density at radius 2 is 1.96 bits per heavy atom. The molecule has 1 saturated heterocycles. The molecule has 0 unspecified atom stereocenters. The third-order valence-corrected chi connectivity index (χ3v) is 5.03. The Labute approximate surface area is 158 Å². The number of carbonyl (C=O) groups is 2. The predicted molar refractivity (Wildman–Crippen MR) is 103 cm³/mol. The first kappa shape index (κ1) is 18.7. The third-order valence-electron chi connectivity index (χ3n) is 5.03. The van der Waals surface area contributed by atoms with Crippen LogP contribution >= 0.6 is 0 Å². The molecule has 0 aromatic heterocycles. The highest BCUT2D eigenvalue weighted by molar-refractivity contribution is 5.95. The van der Waals surface area contributed by atoms with Gasteiger partial charge in [0.1, 0.15) is 5.75 Å². The fourth-order valence-corrected chi connectivity index (χ4v) is 3.56. The zero-order chi connectivity index (χ0) is 19.4. The quantitative estimate of drug-likeness (QED) is 0.797. The van der Waals surface area contributed by atoms with Crippen LogP contribution in [-0.2, 0) is 11.2 Å². The van der Waals surface area contributed by atoms with Crippen LogP contribution in [0.5, 0.6) is 5.75 Å². The summed E-state index contributed by atoms with van der Waals surface area (Å²) in [5, 5.41) is 9.66. The summed E-state index contributed by atoms with van der Waals surface area (Å²) in [6, 6.07) is 14.8.